The zero-order valence-electron chi connectivity index (χ0n) is 12.1. The fourth-order valence-corrected chi connectivity index (χ4v) is 2.37. The number of hydrogen-bond donors (Lipinski definition) is 0. The van der Waals surface area contributed by atoms with E-state index in [-0.39, 0.29) is 12.5 Å². The summed E-state index contributed by atoms with van der Waals surface area (Å²) in [6.07, 6.45) is 8.41. The molecule has 110 valence electrons. The molecular weight excluding hydrogens is 268 g/mol. The van der Waals surface area contributed by atoms with Gasteiger partial charge in [0.1, 0.15) is 5.75 Å². The molecule has 5 nitrogen and oxygen atoms in total. The molecule has 5 heteroatoms. The van der Waals surface area contributed by atoms with Crippen molar-refractivity contribution >= 4 is 0 Å². The molecule has 2 aliphatic rings. The van der Waals surface area contributed by atoms with Gasteiger partial charge in [0.15, 0.2) is 17.2 Å². The average molecular weight is 286 g/mol. The Morgan fingerprint density at radius 2 is 2.05 bits per heavy atom. The molecule has 0 saturated heterocycles. The van der Waals surface area contributed by atoms with E-state index in [0.29, 0.717) is 13.0 Å². The first-order valence-electron chi connectivity index (χ1n) is 7.19. The average Bonchev–Trinajstić information content (AvgIpc) is 3.12. The Balaban J connectivity index is 1.59. The van der Waals surface area contributed by atoms with Gasteiger partial charge in [0.05, 0.1) is 6.61 Å². The predicted molar refractivity (Wildman–Crippen MR) is 77.7 cm³/mol. The van der Waals surface area contributed by atoms with Crippen LogP contribution >= 0.6 is 0 Å². The third-order valence-corrected chi connectivity index (χ3v) is 3.75. The van der Waals surface area contributed by atoms with Gasteiger partial charge in [-0.05, 0) is 18.1 Å². The Kier molecular flexibility index (Phi) is 3.70. The first-order chi connectivity index (χ1) is 10.3. The van der Waals surface area contributed by atoms with E-state index in [4.69, 9.17) is 20.6 Å². The summed E-state index contributed by atoms with van der Waals surface area (Å²) in [4.78, 5) is 0. The Bertz CT molecular complexity index is 598. The SMILES string of the molecule is C#CCCC1(CCOc2cc3c(cc2CC)OCO3)N=N1. The van der Waals surface area contributed by atoms with E-state index in [2.05, 4.69) is 23.1 Å². The van der Waals surface area contributed by atoms with E-state index in [1.807, 2.05) is 12.1 Å². The van der Waals surface area contributed by atoms with Crippen LogP contribution in [0.4, 0.5) is 0 Å². The second kappa shape index (κ2) is 5.65. The van der Waals surface area contributed by atoms with Gasteiger partial charge in [-0.25, -0.2) is 0 Å². The van der Waals surface area contributed by atoms with Crippen LogP contribution < -0.4 is 14.2 Å². The number of nitrogens with zero attached hydrogens (tertiary/aromatic N) is 2. The number of hydrogen-bond acceptors (Lipinski definition) is 5. The third kappa shape index (κ3) is 2.94. The quantitative estimate of drug-likeness (QED) is 0.722. The molecule has 0 aromatic heterocycles. The first kappa shape index (κ1) is 13.7. The molecule has 1 aromatic rings. The van der Waals surface area contributed by atoms with Crippen LogP contribution in [-0.4, -0.2) is 19.1 Å². The fraction of sp³-hybridized carbons (Fsp3) is 0.500. The molecule has 0 saturated carbocycles. The van der Waals surface area contributed by atoms with Crippen LogP contribution in [0.5, 0.6) is 17.2 Å². The topological polar surface area (TPSA) is 52.4 Å². The van der Waals surface area contributed by atoms with E-state index < -0.39 is 0 Å². The van der Waals surface area contributed by atoms with Gasteiger partial charge in [0.25, 0.3) is 0 Å². The van der Waals surface area contributed by atoms with Crippen LogP contribution in [0.1, 0.15) is 31.7 Å². The van der Waals surface area contributed by atoms with E-state index in [9.17, 15) is 0 Å². The highest BCUT2D eigenvalue weighted by Gasteiger charge is 2.39. The number of terminal acetylenes is 1. The number of fused-ring (bicyclic) bond motifs is 1. The number of ether oxygens (including phenoxy) is 3. The van der Waals surface area contributed by atoms with Crippen molar-refractivity contribution in [3.8, 4) is 29.6 Å². The molecule has 2 heterocycles. The maximum absolute atomic E-state index is 5.90. The Labute approximate surface area is 124 Å². The Morgan fingerprint density at radius 3 is 2.71 bits per heavy atom. The van der Waals surface area contributed by atoms with E-state index in [0.717, 1.165) is 42.1 Å². The Morgan fingerprint density at radius 1 is 1.29 bits per heavy atom. The molecule has 0 unspecified atom stereocenters. The van der Waals surface area contributed by atoms with Gasteiger partial charge in [-0.3, -0.25) is 0 Å². The largest absolute Gasteiger partial charge is 0.493 e. The molecule has 0 radical (unpaired) electrons. The molecule has 0 amide bonds. The Hall–Kier alpha value is -2.22. The van der Waals surface area contributed by atoms with Crippen LogP contribution in [-0.2, 0) is 6.42 Å². The second-order valence-electron chi connectivity index (χ2n) is 5.15. The van der Waals surface area contributed by atoms with E-state index in [1.165, 1.54) is 0 Å². The summed E-state index contributed by atoms with van der Waals surface area (Å²) in [6.45, 7) is 2.92. The molecule has 0 N–H and O–H groups in total. The lowest BCUT2D eigenvalue weighted by Gasteiger charge is -2.13. The van der Waals surface area contributed by atoms with Gasteiger partial charge in [-0.15, -0.1) is 12.3 Å². The standard InChI is InChI=1S/C16H18N2O3/c1-3-5-6-16(17-18-16)7-8-19-13-10-15-14(20-11-21-15)9-12(13)4-2/h1,9-10H,4-8,11H2,2H3. The smallest absolute Gasteiger partial charge is 0.231 e. The van der Waals surface area contributed by atoms with Crippen LogP contribution in [0.2, 0.25) is 0 Å². The summed E-state index contributed by atoms with van der Waals surface area (Å²) in [6, 6.07) is 3.88. The molecule has 0 fully saturated rings. The summed E-state index contributed by atoms with van der Waals surface area (Å²) in [5, 5.41) is 8.22. The van der Waals surface area contributed by atoms with Gasteiger partial charge >= 0.3 is 0 Å². The van der Waals surface area contributed by atoms with Crippen LogP contribution in [0, 0.1) is 12.3 Å². The molecule has 3 rings (SSSR count). The molecular formula is C16H18N2O3. The van der Waals surface area contributed by atoms with Crippen molar-refractivity contribution in [2.45, 2.75) is 38.3 Å². The van der Waals surface area contributed by atoms with Crippen molar-refractivity contribution in [2.75, 3.05) is 13.4 Å². The maximum atomic E-state index is 5.90. The number of benzene rings is 1. The molecule has 1 aromatic carbocycles. The highest BCUT2D eigenvalue weighted by molar-refractivity contribution is 5.51. The molecule has 21 heavy (non-hydrogen) atoms. The molecule has 0 aliphatic carbocycles. The van der Waals surface area contributed by atoms with Crippen LogP contribution in [0.25, 0.3) is 0 Å². The summed E-state index contributed by atoms with van der Waals surface area (Å²) >= 11 is 0. The summed E-state index contributed by atoms with van der Waals surface area (Å²) < 4.78 is 16.7. The zero-order chi connectivity index (χ0) is 14.7. The van der Waals surface area contributed by atoms with E-state index in [1.54, 1.807) is 0 Å². The fourth-order valence-electron chi connectivity index (χ4n) is 2.37. The van der Waals surface area contributed by atoms with E-state index >= 15 is 0 Å². The third-order valence-electron chi connectivity index (χ3n) is 3.75. The monoisotopic (exact) mass is 286 g/mol. The van der Waals surface area contributed by atoms with Crippen molar-refractivity contribution in [1.82, 2.24) is 0 Å². The second-order valence-corrected chi connectivity index (χ2v) is 5.15. The van der Waals surface area contributed by atoms with Crippen LogP contribution in [0.15, 0.2) is 22.4 Å². The van der Waals surface area contributed by atoms with Gasteiger partial charge in [0.2, 0.25) is 6.79 Å². The normalized spacial score (nSPS) is 16.6. The molecule has 0 bridgehead atoms. The van der Waals surface area contributed by atoms with Crippen LogP contribution in [0.3, 0.4) is 0 Å². The van der Waals surface area contributed by atoms with Gasteiger partial charge in [-0.2, -0.15) is 10.2 Å². The lowest BCUT2D eigenvalue weighted by Crippen LogP contribution is -2.15. The minimum Gasteiger partial charge on any atom is -0.493 e. The minimum absolute atomic E-state index is 0.273. The predicted octanol–water partition coefficient (Wildman–Crippen LogP) is 3.32. The molecule has 2 aliphatic heterocycles. The summed E-state index contributed by atoms with van der Waals surface area (Å²) in [7, 11) is 0. The zero-order valence-corrected chi connectivity index (χ0v) is 12.1. The van der Waals surface area contributed by atoms with Gasteiger partial charge < -0.3 is 14.2 Å². The molecule has 0 atom stereocenters. The van der Waals surface area contributed by atoms with Crippen molar-refractivity contribution in [1.29, 1.82) is 0 Å². The summed E-state index contributed by atoms with van der Waals surface area (Å²) in [5.41, 5.74) is 0.816. The first-order valence-corrected chi connectivity index (χ1v) is 7.19. The molecule has 0 spiro atoms. The van der Waals surface area contributed by atoms with Crippen molar-refractivity contribution < 1.29 is 14.2 Å². The maximum Gasteiger partial charge on any atom is 0.231 e. The summed E-state index contributed by atoms with van der Waals surface area (Å²) in [5.74, 6) is 5.00. The number of rotatable bonds is 7. The lowest BCUT2D eigenvalue weighted by molar-refractivity contribution is 0.173. The van der Waals surface area contributed by atoms with Crippen molar-refractivity contribution in [3.63, 3.8) is 0 Å². The lowest BCUT2D eigenvalue weighted by atomic mass is 10.1. The highest BCUT2D eigenvalue weighted by Crippen LogP contribution is 2.40. The van der Waals surface area contributed by atoms with Crippen molar-refractivity contribution in [2.24, 2.45) is 10.2 Å². The highest BCUT2D eigenvalue weighted by atomic mass is 16.7. The van der Waals surface area contributed by atoms with Gasteiger partial charge in [-0.1, -0.05) is 6.92 Å². The van der Waals surface area contributed by atoms with Gasteiger partial charge in [0, 0.05) is 25.3 Å². The minimum atomic E-state index is -0.297. The van der Waals surface area contributed by atoms with Crippen molar-refractivity contribution in [3.05, 3.63) is 17.7 Å². The number of aryl methyl sites for hydroxylation is 1.